The van der Waals surface area contributed by atoms with E-state index in [1.807, 2.05) is 20.8 Å². The number of hydrogen-bond donors (Lipinski definition) is 2. The zero-order valence-electron chi connectivity index (χ0n) is 19.9. The normalized spacial score (nSPS) is 17.6. The summed E-state index contributed by atoms with van der Waals surface area (Å²) in [6.07, 6.45) is 0. The number of phenols is 1. The molecule has 1 aliphatic heterocycles. The standard InChI is InChI=1S/C28H26FNO5/c1-28(2,3)21-14-17(10-13-22(21)35-4)25(32)23-24(16-8-11-20(31)12-9-16)30(27(34)26(23)33)19-7-5-6-18(29)15-19/h5-15,24,31-32H,1-4H3/b25-23-. The molecular weight excluding hydrogens is 449 g/mol. The minimum Gasteiger partial charge on any atom is -0.508 e. The highest BCUT2D eigenvalue weighted by atomic mass is 19.1. The summed E-state index contributed by atoms with van der Waals surface area (Å²) in [6, 6.07) is 15.3. The predicted octanol–water partition coefficient (Wildman–Crippen LogP) is 5.46. The van der Waals surface area contributed by atoms with E-state index in [1.165, 1.54) is 30.3 Å². The van der Waals surface area contributed by atoms with Crippen molar-refractivity contribution in [1.29, 1.82) is 0 Å². The lowest BCUT2D eigenvalue weighted by molar-refractivity contribution is -0.132. The number of ether oxygens (including phenoxy) is 1. The summed E-state index contributed by atoms with van der Waals surface area (Å²) in [5.74, 6) is -2.07. The van der Waals surface area contributed by atoms with Gasteiger partial charge in [-0.2, -0.15) is 0 Å². The summed E-state index contributed by atoms with van der Waals surface area (Å²) in [4.78, 5) is 27.6. The third-order valence-corrected chi connectivity index (χ3v) is 6.02. The molecule has 35 heavy (non-hydrogen) atoms. The first kappa shape index (κ1) is 24.0. The smallest absolute Gasteiger partial charge is 0.300 e. The van der Waals surface area contributed by atoms with Gasteiger partial charge in [-0.25, -0.2) is 4.39 Å². The van der Waals surface area contributed by atoms with E-state index in [9.17, 15) is 24.2 Å². The van der Waals surface area contributed by atoms with E-state index in [0.29, 0.717) is 16.9 Å². The lowest BCUT2D eigenvalue weighted by Crippen LogP contribution is -2.29. The van der Waals surface area contributed by atoms with Crippen LogP contribution in [0.3, 0.4) is 0 Å². The van der Waals surface area contributed by atoms with E-state index < -0.39 is 23.5 Å². The van der Waals surface area contributed by atoms with Crippen molar-refractivity contribution in [3.63, 3.8) is 0 Å². The highest BCUT2D eigenvalue weighted by Gasteiger charge is 2.47. The summed E-state index contributed by atoms with van der Waals surface area (Å²) < 4.78 is 19.5. The minimum atomic E-state index is -1.03. The van der Waals surface area contributed by atoms with Crippen LogP contribution in [0.4, 0.5) is 10.1 Å². The molecule has 180 valence electrons. The number of methoxy groups -OCH3 is 1. The fraction of sp³-hybridized carbons (Fsp3) is 0.214. The number of amides is 1. The van der Waals surface area contributed by atoms with Crippen molar-refractivity contribution in [2.24, 2.45) is 0 Å². The maximum absolute atomic E-state index is 14.0. The summed E-state index contributed by atoms with van der Waals surface area (Å²) in [5.41, 5.74) is 1.34. The maximum atomic E-state index is 14.0. The van der Waals surface area contributed by atoms with Gasteiger partial charge in [-0.15, -0.1) is 0 Å². The molecule has 0 spiro atoms. The summed E-state index contributed by atoms with van der Waals surface area (Å²) in [7, 11) is 1.56. The van der Waals surface area contributed by atoms with Gasteiger partial charge in [-0.3, -0.25) is 14.5 Å². The van der Waals surface area contributed by atoms with Gasteiger partial charge in [0.1, 0.15) is 23.1 Å². The number of carbonyl (C=O) groups excluding carboxylic acids is 2. The first-order valence-electron chi connectivity index (χ1n) is 11.1. The number of anilines is 1. The quantitative estimate of drug-likeness (QED) is 0.297. The van der Waals surface area contributed by atoms with Crippen LogP contribution < -0.4 is 9.64 Å². The Morgan fingerprint density at radius 2 is 1.69 bits per heavy atom. The SMILES string of the molecule is COc1ccc(/C(O)=C2/C(=O)C(=O)N(c3cccc(F)c3)C2c2ccc(O)cc2)cc1C(C)(C)C. The van der Waals surface area contributed by atoms with Crippen molar-refractivity contribution >= 4 is 23.1 Å². The predicted molar refractivity (Wildman–Crippen MR) is 131 cm³/mol. The van der Waals surface area contributed by atoms with Gasteiger partial charge in [0.2, 0.25) is 0 Å². The number of phenolic OH excluding ortho intramolecular Hbond substituents is 1. The summed E-state index contributed by atoms with van der Waals surface area (Å²) in [6.45, 7) is 5.98. The number of rotatable bonds is 4. The number of halogens is 1. The Bertz CT molecular complexity index is 1340. The largest absolute Gasteiger partial charge is 0.508 e. The van der Waals surface area contributed by atoms with Crippen LogP contribution in [0.1, 0.15) is 43.5 Å². The van der Waals surface area contributed by atoms with E-state index in [2.05, 4.69) is 0 Å². The van der Waals surface area contributed by atoms with E-state index >= 15 is 0 Å². The number of Topliss-reactive ketones (excluding diaryl/α,β-unsaturated/α-hetero) is 1. The molecule has 3 aromatic rings. The van der Waals surface area contributed by atoms with E-state index in [0.717, 1.165) is 16.5 Å². The first-order chi connectivity index (χ1) is 16.5. The molecule has 0 aromatic heterocycles. The Balaban J connectivity index is 1.96. The average Bonchev–Trinajstić information content (AvgIpc) is 3.08. The highest BCUT2D eigenvalue weighted by molar-refractivity contribution is 6.51. The molecule has 3 aromatic carbocycles. The van der Waals surface area contributed by atoms with Crippen LogP contribution in [0.5, 0.6) is 11.5 Å². The molecule has 0 saturated carbocycles. The fourth-order valence-corrected chi connectivity index (χ4v) is 4.29. The second-order valence-corrected chi connectivity index (χ2v) is 9.41. The number of aliphatic hydroxyl groups is 1. The van der Waals surface area contributed by atoms with Crippen LogP contribution in [0.2, 0.25) is 0 Å². The molecule has 6 nitrogen and oxygen atoms in total. The Labute approximate surface area is 202 Å². The lowest BCUT2D eigenvalue weighted by atomic mass is 9.84. The first-order valence-corrected chi connectivity index (χ1v) is 11.1. The van der Waals surface area contributed by atoms with Crippen molar-refractivity contribution in [3.05, 3.63) is 94.8 Å². The van der Waals surface area contributed by atoms with Gasteiger partial charge >= 0.3 is 0 Å². The average molecular weight is 476 g/mol. The van der Waals surface area contributed by atoms with Gasteiger partial charge in [0.25, 0.3) is 11.7 Å². The Kier molecular flexibility index (Phi) is 6.11. The number of benzene rings is 3. The molecule has 1 unspecified atom stereocenters. The van der Waals surface area contributed by atoms with Gasteiger partial charge in [0.15, 0.2) is 0 Å². The highest BCUT2D eigenvalue weighted by Crippen LogP contribution is 2.43. The Hall–Kier alpha value is -4.13. The van der Waals surface area contributed by atoms with Crippen LogP contribution in [0.25, 0.3) is 5.76 Å². The number of hydrogen-bond acceptors (Lipinski definition) is 5. The van der Waals surface area contributed by atoms with Crippen LogP contribution >= 0.6 is 0 Å². The second-order valence-electron chi connectivity index (χ2n) is 9.41. The molecule has 7 heteroatoms. The molecule has 4 rings (SSSR count). The fourth-order valence-electron chi connectivity index (χ4n) is 4.29. The van der Waals surface area contributed by atoms with Crippen LogP contribution in [-0.2, 0) is 15.0 Å². The van der Waals surface area contributed by atoms with Crippen molar-refractivity contribution in [2.75, 3.05) is 12.0 Å². The number of aliphatic hydroxyl groups excluding tert-OH is 1. The zero-order valence-corrected chi connectivity index (χ0v) is 19.9. The van der Waals surface area contributed by atoms with Gasteiger partial charge in [0, 0.05) is 16.8 Å². The van der Waals surface area contributed by atoms with Crippen molar-refractivity contribution in [2.45, 2.75) is 32.2 Å². The van der Waals surface area contributed by atoms with E-state index in [4.69, 9.17) is 4.74 Å². The van der Waals surface area contributed by atoms with Crippen LogP contribution in [-0.4, -0.2) is 29.0 Å². The molecule has 1 saturated heterocycles. The summed E-state index contributed by atoms with van der Waals surface area (Å²) in [5, 5.41) is 21.1. The topological polar surface area (TPSA) is 87.1 Å². The van der Waals surface area contributed by atoms with Crippen molar-refractivity contribution < 1.29 is 28.9 Å². The Morgan fingerprint density at radius 3 is 2.29 bits per heavy atom. The van der Waals surface area contributed by atoms with E-state index in [1.54, 1.807) is 37.4 Å². The molecule has 1 aliphatic rings. The maximum Gasteiger partial charge on any atom is 0.300 e. The molecule has 1 atom stereocenters. The number of ketones is 1. The van der Waals surface area contributed by atoms with E-state index in [-0.39, 0.29) is 28.2 Å². The number of nitrogens with zero attached hydrogens (tertiary/aromatic N) is 1. The second kappa shape index (κ2) is 8.91. The van der Waals surface area contributed by atoms with Crippen LogP contribution in [0, 0.1) is 5.82 Å². The zero-order chi connectivity index (χ0) is 25.5. The van der Waals surface area contributed by atoms with Crippen LogP contribution in [0.15, 0.2) is 72.3 Å². The van der Waals surface area contributed by atoms with Gasteiger partial charge in [-0.1, -0.05) is 39.0 Å². The summed E-state index contributed by atoms with van der Waals surface area (Å²) >= 11 is 0. The Morgan fingerprint density at radius 1 is 1.00 bits per heavy atom. The van der Waals surface area contributed by atoms with Gasteiger partial charge < -0.3 is 14.9 Å². The third-order valence-electron chi connectivity index (χ3n) is 6.02. The molecule has 0 aliphatic carbocycles. The lowest BCUT2D eigenvalue weighted by Gasteiger charge is -2.26. The van der Waals surface area contributed by atoms with Crippen molar-refractivity contribution in [3.8, 4) is 11.5 Å². The molecule has 1 amide bonds. The van der Waals surface area contributed by atoms with Gasteiger partial charge in [-0.05, 0) is 59.5 Å². The molecular formula is C28H26FNO5. The third kappa shape index (κ3) is 4.37. The number of carbonyl (C=O) groups is 2. The number of aromatic hydroxyl groups is 1. The molecule has 0 radical (unpaired) electrons. The van der Waals surface area contributed by atoms with Gasteiger partial charge in [0.05, 0.1) is 18.7 Å². The molecule has 1 fully saturated rings. The minimum absolute atomic E-state index is 0.00132. The molecule has 2 N–H and O–H groups in total. The van der Waals surface area contributed by atoms with Crippen molar-refractivity contribution in [1.82, 2.24) is 0 Å². The molecule has 1 heterocycles. The molecule has 0 bridgehead atoms. The monoisotopic (exact) mass is 475 g/mol.